The smallest absolute Gasteiger partial charge is 0.222 e. The molecule has 0 saturated carbocycles. The molecule has 0 bridgehead atoms. The zero-order valence-electron chi connectivity index (χ0n) is 8.89. The highest BCUT2D eigenvalue weighted by Crippen LogP contribution is 2.19. The number of anilines is 1. The molecule has 0 aliphatic carbocycles. The normalized spacial score (nSPS) is 10.1. The fourth-order valence-electron chi connectivity index (χ4n) is 1.22. The predicted molar refractivity (Wildman–Crippen MR) is 56.6 cm³/mol. The Morgan fingerprint density at radius 2 is 2.19 bits per heavy atom. The van der Waals surface area contributed by atoms with E-state index < -0.39 is 0 Å². The van der Waals surface area contributed by atoms with Gasteiger partial charge in [-0.1, -0.05) is 0 Å². The lowest BCUT2D eigenvalue weighted by atomic mass is 10.3. The van der Waals surface area contributed by atoms with Crippen LogP contribution >= 0.6 is 0 Å². The fourth-order valence-corrected chi connectivity index (χ4v) is 1.22. The number of hydrogen-bond acceptors (Lipinski definition) is 5. The Morgan fingerprint density at radius 1 is 1.38 bits per heavy atom. The predicted octanol–water partition coefficient (Wildman–Crippen LogP) is 1.40. The molecular weight excluding hydrogens is 208 g/mol. The molecule has 0 unspecified atom stereocenters. The minimum Gasteiger partial charge on any atom is -0.439 e. The van der Waals surface area contributed by atoms with Crippen LogP contribution in [0.15, 0.2) is 23.0 Å². The summed E-state index contributed by atoms with van der Waals surface area (Å²) in [6, 6.07) is 1.63. The van der Waals surface area contributed by atoms with Crippen LogP contribution in [0, 0.1) is 6.92 Å². The molecule has 0 aromatic carbocycles. The molecule has 2 aromatic heterocycles. The van der Waals surface area contributed by atoms with Crippen molar-refractivity contribution in [1.82, 2.24) is 15.0 Å². The van der Waals surface area contributed by atoms with Gasteiger partial charge in [0.15, 0.2) is 11.7 Å². The fraction of sp³-hybridized carbons (Fsp3) is 0.200. The van der Waals surface area contributed by atoms with Crippen LogP contribution in [0.1, 0.15) is 12.8 Å². The molecule has 6 nitrogen and oxygen atoms in total. The third kappa shape index (κ3) is 2.22. The number of carbonyl (C=O) groups is 1. The van der Waals surface area contributed by atoms with Crippen LogP contribution in [-0.2, 0) is 4.79 Å². The second kappa shape index (κ2) is 4.09. The van der Waals surface area contributed by atoms with Crippen LogP contribution in [-0.4, -0.2) is 20.9 Å². The highest BCUT2D eigenvalue weighted by molar-refractivity contribution is 5.87. The molecule has 6 heteroatoms. The summed E-state index contributed by atoms with van der Waals surface area (Å²) in [5.74, 6) is 1.37. The number of aromatic nitrogens is 3. The van der Waals surface area contributed by atoms with Gasteiger partial charge in [-0.3, -0.25) is 4.79 Å². The second-order valence-electron chi connectivity index (χ2n) is 3.21. The molecule has 0 aliphatic rings. The summed E-state index contributed by atoms with van der Waals surface area (Å²) in [5.41, 5.74) is 0.583. The lowest BCUT2D eigenvalue weighted by Gasteiger charge is -2.01. The van der Waals surface area contributed by atoms with E-state index in [9.17, 15) is 4.79 Å². The van der Waals surface area contributed by atoms with Crippen molar-refractivity contribution in [2.75, 3.05) is 5.32 Å². The first kappa shape index (κ1) is 10.3. The maximum atomic E-state index is 10.9. The Bertz CT molecular complexity index is 521. The van der Waals surface area contributed by atoms with Gasteiger partial charge in [-0.05, 0) is 0 Å². The number of rotatable bonds is 2. The van der Waals surface area contributed by atoms with E-state index in [1.807, 2.05) is 0 Å². The monoisotopic (exact) mass is 218 g/mol. The van der Waals surface area contributed by atoms with E-state index >= 15 is 0 Å². The molecule has 0 radical (unpaired) electrons. The van der Waals surface area contributed by atoms with E-state index in [-0.39, 0.29) is 5.91 Å². The first-order chi connectivity index (χ1) is 7.65. The molecule has 2 heterocycles. The van der Waals surface area contributed by atoms with E-state index in [1.165, 1.54) is 13.3 Å². The van der Waals surface area contributed by atoms with Crippen molar-refractivity contribution in [2.45, 2.75) is 13.8 Å². The van der Waals surface area contributed by atoms with E-state index in [0.717, 1.165) is 0 Å². The lowest BCUT2D eigenvalue weighted by molar-refractivity contribution is -0.114. The molecule has 2 rings (SSSR count). The van der Waals surface area contributed by atoms with Gasteiger partial charge in [0.05, 0.1) is 6.20 Å². The van der Waals surface area contributed by atoms with Crippen molar-refractivity contribution in [3.05, 3.63) is 24.5 Å². The molecule has 1 amide bonds. The molecule has 1 N–H and O–H groups in total. The third-order valence-corrected chi connectivity index (χ3v) is 1.84. The average Bonchev–Trinajstić information content (AvgIpc) is 2.64. The zero-order valence-corrected chi connectivity index (χ0v) is 8.89. The van der Waals surface area contributed by atoms with Gasteiger partial charge in [0, 0.05) is 19.9 Å². The number of amides is 1. The van der Waals surface area contributed by atoms with E-state index in [0.29, 0.717) is 23.2 Å². The number of carbonyl (C=O) groups excluding carboxylic acids is 1. The van der Waals surface area contributed by atoms with E-state index in [1.54, 1.807) is 19.2 Å². The summed E-state index contributed by atoms with van der Waals surface area (Å²) in [4.78, 5) is 22.8. The molecule has 82 valence electrons. The van der Waals surface area contributed by atoms with E-state index in [4.69, 9.17) is 4.42 Å². The Morgan fingerprint density at radius 3 is 2.81 bits per heavy atom. The van der Waals surface area contributed by atoms with Gasteiger partial charge in [-0.25, -0.2) is 15.0 Å². The zero-order chi connectivity index (χ0) is 11.5. The van der Waals surface area contributed by atoms with Gasteiger partial charge >= 0.3 is 0 Å². The van der Waals surface area contributed by atoms with Crippen molar-refractivity contribution in [3.63, 3.8) is 0 Å². The molecule has 0 fully saturated rings. The van der Waals surface area contributed by atoms with Gasteiger partial charge in [0.2, 0.25) is 5.91 Å². The van der Waals surface area contributed by atoms with Crippen LogP contribution < -0.4 is 5.32 Å². The molecule has 0 aliphatic heterocycles. The van der Waals surface area contributed by atoms with Crippen LogP contribution in [0.2, 0.25) is 0 Å². The Balaban J connectivity index is 2.32. The van der Waals surface area contributed by atoms with E-state index in [2.05, 4.69) is 20.3 Å². The third-order valence-electron chi connectivity index (χ3n) is 1.84. The Kier molecular flexibility index (Phi) is 2.63. The first-order valence-corrected chi connectivity index (χ1v) is 4.67. The summed E-state index contributed by atoms with van der Waals surface area (Å²) >= 11 is 0. The standard InChI is InChI=1S/C10H10N4O2/c1-6(15)14-10-3-8(12-5-13-10)9-4-11-7(2)16-9/h3-5H,1-2H3,(H,12,13,14,15). The van der Waals surface area contributed by atoms with Gasteiger partial charge in [0.25, 0.3) is 0 Å². The Labute approximate surface area is 91.7 Å². The summed E-state index contributed by atoms with van der Waals surface area (Å²) in [6.07, 6.45) is 2.94. The highest BCUT2D eigenvalue weighted by atomic mass is 16.4. The highest BCUT2D eigenvalue weighted by Gasteiger charge is 2.07. The first-order valence-electron chi connectivity index (χ1n) is 4.67. The number of hydrogen-bond donors (Lipinski definition) is 1. The largest absolute Gasteiger partial charge is 0.439 e. The molecule has 0 spiro atoms. The Hall–Kier alpha value is -2.24. The minimum absolute atomic E-state index is 0.182. The maximum absolute atomic E-state index is 10.9. The van der Waals surface area contributed by atoms with Gasteiger partial charge in [-0.2, -0.15) is 0 Å². The van der Waals surface area contributed by atoms with Crippen LogP contribution in [0.4, 0.5) is 5.82 Å². The second-order valence-corrected chi connectivity index (χ2v) is 3.21. The topological polar surface area (TPSA) is 80.9 Å². The van der Waals surface area contributed by atoms with Crippen molar-refractivity contribution in [2.24, 2.45) is 0 Å². The van der Waals surface area contributed by atoms with Crippen LogP contribution in [0.25, 0.3) is 11.5 Å². The number of nitrogens with one attached hydrogen (secondary N) is 1. The average molecular weight is 218 g/mol. The maximum Gasteiger partial charge on any atom is 0.222 e. The molecule has 0 atom stereocenters. The van der Waals surface area contributed by atoms with Crippen molar-refractivity contribution >= 4 is 11.7 Å². The van der Waals surface area contributed by atoms with Gasteiger partial charge < -0.3 is 9.73 Å². The lowest BCUT2D eigenvalue weighted by Crippen LogP contribution is -2.07. The van der Waals surface area contributed by atoms with Gasteiger partial charge in [-0.15, -0.1) is 0 Å². The molecule has 16 heavy (non-hydrogen) atoms. The molecule has 2 aromatic rings. The molecular formula is C10H10N4O2. The van der Waals surface area contributed by atoms with Crippen molar-refractivity contribution < 1.29 is 9.21 Å². The summed E-state index contributed by atoms with van der Waals surface area (Å²) < 4.78 is 5.32. The van der Waals surface area contributed by atoms with Crippen LogP contribution in [0.3, 0.4) is 0 Å². The van der Waals surface area contributed by atoms with Crippen molar-refractivity contribution in [3.8, 4) is 11.5 Å². The molecule has 0 saturated heterocycles. The number of aryl methyl sites for hydroxylation is 1. The number of oxazole rings is 1. The SMILES string of the molecule is CC(=O)Nc1cc(-c2cnc(C)o2)ncn1. The minimum atomic E-state index is -0.182. The van der Waals surface area contributed by atoms with Crippen LogP contribution in [0.5, 0.6) is 0 Å². The summed E-state index contributed by atoms with van der Waals surface area (Å²) in [6.45, 7) is 3.17. The van der Waals surface area contributed by atoms with Crippen molar-refractivity contribution in [1.29, 1.82) is 0 Å². The summed E-state index contributed by atoms with van der Waals surface area (Å²) in [5, 5.41) is 2.57. The summed E-state index contributed by atoms with van der Waals surface area (Å²) in [7, 11) is 0. The quantitative estimate of drug-likeness (QED) is 0.823. The van der Waals surface area contributed by atoms with Gasteiger partial charge in [0.1, 0.15) is 17.8 Å². The number of nitrogens with zero attached hydrogens (tertiary/aromatic N) is 3.